The molecule has 0 aromatic rings. The fraction of sp³-hybridized carbons (Fsp3) is 0.909. The first-order valence-electron chi connectivity index (χ1n) is 6.12. The van der Waals surface area contributed by atoms with Gasteiger partial charge in [-0.25, -0.2) is 4.79 Å². The Labute approximate surface area is 136 Å². The maximum absolute atomic E-state index is 11.2. The van der Waals surface area contributed by atoms with Crippen LogP contribution in [0.2, 0.25) is 0 Å². The van der Waals surface area contributed by atoms with E-state index in [0.717, 1.165) is 0 Å². The van der Waals surface area contributed by atoms with E-state index >= 15 is 0 Å². The zero-order valence-corrected chi connectivity index (χ0v) is 15.0. The van der Waals surface area contributed by atoms with Crippen molar-refractivity contribution in [2.24, 2.45) is 0 Å². The zero-order valence-electron chi connectivity index (χ0n) is 12.0. The van der Waals surface area contributed by atoms with Gasteiger partial charge < -0.3 is 18.4 Å². The molecule has 120 valence electrons. The van der Waals surface area contributed by atoms with Crippen LogP contribution in [-0.2, 0) is 23.2 Å². The van der Waals surface area contributed by atoms with E-state index in [1.54, 1.807) is 20.8 Å². The second-order valence-corrected chi connectivity index (χ2v) is 6.00. The van der Waals surface area contributed by atoms with Gasteiger partial charge >= 0.3 is 6.09 Å². The SMILES string of the molecule is CC(C)(C)OC(=O)NOCCOCCOCCOSI. The van der Waals surface area contributed by atoms with Gasteiger partial charge in [-0.3, -0.25) is 4.84 Å². The van der Waals surface area contributed by atoms with Gasteiger partial charge in [0.05, 0.1) is 48.9 Å². The van der Waals surface area contributed by atoms with E-state index in [9.17, 15) is 4.79 Å². The molecule has 0 aliphatic carbocycles. The Balaban J connectivity index is 3.19. The summed E-state index contributed by atoms with van der Waals surface area (Å²) in [5, 5.41) is 0. The highest BCUT2D eigenvalue weighted by molar-refractivity contribution is 14.2. The number of ether oxygens (including phenoxy) is 3. The van der Waals surface area contributed by atoms with Crippen LogP contribution in [0.3, 0.4) is 0 Å². The molecule has 0 heterocycles. The third kappa shape index (κ3) is 16.2. The molecule has 1 N–H and O–H groups in total. The van der Waals surface area contributed by atoms with Gasteiger partial charge in [-0.2, -0.15) is 5.48 Å². The molecule has 20 heavy (non-hydrogen) atoms. The average Bonchev–Trinajstić information content (AvgIpc) is 2.34. The predicted molar refractivity (Wildman–Crippen MR) is 84.5 cm³/mol. The largest absolute Gasteiger partial charge is 0.442 e. The molecule has 0 spiro atoms. The summed E-state index contributed by atoms with van der Waals surface area (Å²) in [6.07, 6.45) is -0.617. The van der Waals surface area contributed by atoms with E-state index in [1.165, 1.54) is 9.21 Å². The monoisotopic (exact) mass is 423 g/mol. The number of hydrogen-bond acceptors (Lipinski definition) is 7. The Morgan fingerprint density at radius 2 is 1.60 bits per heavy atom. The van der Waals surface area contributed by atoms with Crippen molar-refractivity contribution in [3.05, 3.63) is 0 Å². The summed E-state index contributed by atoms with van der Waals surface area (Å²) < 4.78 is 20.5. The molecule has 0 aromatic heterocycles. The summed E-state index contributed by atoms with van der Waals surface area (Å²) in [6, 6.07) is 0. The second-order valence-electron chi connectivity index (χ2n) is 4.56. The van der Waals surface area contributed by atoms with Crippen LogP contribution in [0.5, 0.6) is 0 Å². The molecule has 0 atom stereocenters. The summed E-state index contributed by atoms with van der Waals surface area (Å²) in [4.78, 5) is 16.1. The minimum absolute atomic E-state index is 0.244. The summed E-state index contributed by atoms with van der Waals surface area (Å²) in [6.45, 7) is 7.99. The van der Waals surface area contributed by atoms with Gasteiger partial charge in [-0.15, -0.1) is 0 Å². The van der Waals surface area contributed by atoms with Crippen molar-refractivity contribution in [2.75, 3.05) is 39.6 Å². The van der Waals surface area contributed by atoms with Gasteiger partial charge in [0.2, 0.25) is 0 Å². The summed E-state index contributed by atoms with van der Waals surface area (Å²) in [5.74, 6) is 0. The average molecular weight is 423 g/mol. The number of rotatable bonds is 11. The van der Waals surface area contributed by atoms with E-state index in [1.807, 2.05) is 21.2 Å². The molecule has 0 bridgehead atoms. The van der Waals surface area contributed by atoms with Crippen molar-refractivity contribution >= 4 is 36.5 Å². The van der Waals surface area contributed by atoms with Crippen LogP contribution in [0.4, 0.5) is 4.79 Å². The first-order chi connectivity index (χ1) is 9.45. The van der Waals surface area contributed by atoms with Gasteiger partial charge in [0.25, 0.3) is 0 Å². The molecule has 0 unspecified atom stereocenters. The lowest BCUT2D eigenvalue weighted by molar-refractivity contribution is -0.0334. The Morgan fingerprint density at radius 1 is 1.05 bits per heavy atom. The number of carbonyl (C=O) groups excluding carboxylic acids is 1. The highest BCUT2D eigenvalue weighted by Crippen LogP contribution is 2.11. The topological polar surface area (TPSA) is 75.3 Å². The van der Waals surface area contributed by atoms with E-state index in [-0.39, 0.29) is 6.61 Å². The van der Waals surface area contributed by atoms with Crippen LogP contribution in [0.25, 0.3) is 0 Å². The fourth-order valence-electron chi connectivity index (χ4n) is 0.956. The summed E-state index contributed by atoms with van der Waals surface area (Å²) in [5.41, 5.74) is 1.63. The number of amides is 1. The molecule has 7 nitrogen and oxygen atoms in total. The fourth-order valence-corrected chi connectivity index (χ4v) is 1.63. The standard InChI is InChI=1S/C11H22INO6S/c1-11(2,3)19-10(14)13-17-8-6-15-4-5-16-7-9-18-20-12/h4-9H2,1-3H3,(H,13,14). The molecule has 0 aliphatic rings. The van der Waals surface area contributed by atoms with Gasteiger partial charge in [0.1, 0.15) is 5.60 Å². The quantitative estimate of drug-likeness (QED) is 0.237. The van der Waals surface area contributed by atoms with Crippen molar-refractivity contribution in [1.29, 1.82) is 0 Å². The number of nitrogens with one attached hydrogen (secondary N) is 1. The van der Waals surface area contributed by atoms with Crippen LogP contribution < -0.4 is 5.48 Å². The Kier molecular flexibility index (Phi) is 13.0. The Morgan fingerprint density at radius 3 is 2.15 bits per heavy atom. The van der Waals surface area contributed by atoms with Crippen LogP contribution in [0, 0.1) is 0 Å². The zero-order chi connectivity index (χ0) is 15.3. The normalized spacial score (nSPS) is 11.4. The predicted octanol–water partition coefficient (Wildman–Crippen LogP) is 2.49. The van der Waals surface area contributed by atoms with Crippen molar-refractivity contribution in [3.63, 3.8) is 0 Å². The van der Waals surface area contributed by atoms with Crippen molar-refractivity contribution < 1.29 is 28.0 Å². The number of halogens is 1. The minimum atomic E-state index is -0.617. The lowest BCUT2D eigenvalue weighted by atomic mass is 10.2. The van der Waals surface area contributed by atoms with Gasteiger partial charge in [0, 0.05) is 21.2 Å². The van der Waals surface area contributed by atoms with Crippen molar-refractivity contribution in [1.82, 2.24) is 5.48 Å². The van der Waals surface area contributed by atoms with E-state index < -0.39 is 11.7 Å². The van der Waals surface area contributed by atoms with Crippen LogP contribution in [0.1, 0.15) is 20.8 Å². The molecular formula is C11H22INO6S. The molecule has 1 amide bonds. The van der Waals surface area contributed by atoms with Crippen LogP contribution in [-0.4, -0.2) is 51.3 Å². The lowest BCUT2D eigenvalue weighted by Crippen LogP contribution is -2.33. The van der Waals surface area contributed by atoms with Gasteiger partial charge in [-0.1, -0.05) is 0 Å². The Hall–Kier alpha value is 0.190. The smallest absolute Gasteiger partial charge is 0.431 e. The molecule has 0 saturated heterocycles. The molecule has 0 radical (unpaired) electrons. The van der Waals surface area contributed by atoms with Gasteiger partial charge in [0.15, 0.2) is 0 Å². The molecule has 0 aromatic carbocycles. The van der Waals surface area contributed by atoms with E-state index in [0.29, 0.717) is 33.0 Å². The number of hydroxylamine groups is 1. The molecule has 0 saturated carbocycles. The minimum Gasteiger partial charge on any atom is -0.442 e. The molecule has 0 rings (SSSR count). The second kappa shape index (κ2) is 12.9. The third-order valence-corrected chi connectivity index (χ3v) is 2.63. The molecule has 9 heteroatoms. The van der Waals surface area contributed by atoms with Crippen LogP contribution in [0.15, 0.2) is 0 Å². The highest BCUT2D eigenvalue weighted by Gasteiger charge is 2.15. The maximum Gasteiger partial charge on any atom is 0.431 e. The van der Waals surface area contributed by atoms with Crippen molar-refractivity contribution in [2.45, 2.75) is 26.4 Å². The molecule has 0 aliphatic heterocycles. The van der Waals surface area contributed by atoms with E-state index in [2.05, 4.69) is 5.48 Å². The molecule has 0 fully saturated rings. The Bertz CT molecular complexity index is 252. The summed E-state index contributed by atoms with van der Waals surface area (Å²) in [7, 11) is 1.28. The first-order valence-corrected chi connectivity index (χ1v) is 9.40. The lowest BCUT2D eigenvalue weighted by Gasteiger charge is -2.19. The van der Waals surface area contributed by atoms with E-state index in [4.69, 9.17) is 23.2 Å². The van der Waals surface area contributed by atoms with Crippen molar-refractivity contribution in [3.8, 4) is 0 Å². The van der Waals surface area contributed by atoms with Crippen LogP contribution >= 0.6 is 30.4 Å². The number of hydrogen-bond donors (Lipinski definition) is 1. The molecular weight excluding hydrogens is 401 g/mol. The summed E-state index contributed by atoms with van der Waals surface area (Å²) >= 11 is 2.05. The third-order valence-electron chi connectivity index (χ3n) is 1.61. The number of carbonyl (C=O) groups is 1. The highest BCUT2D eigenvalue weighted by atomic mass is 127. The van der Waals surface area contributed by atoms with Gasteiger partial charge in [-0.05, 0) is 20.8 Å². The first kappa shape index (κ1) is 20.2. The maximum atomic E-state index is 11.2.